The SMILES string of the molecule is CC(=O)NC(CC(=O)NC1OC(CO)[C@@H](O[C@@H]2O[C@H](CO)C(O[C@@H]3O[C@H](CO)C(O)[C@H](O)[C@@H]3O)[C@H](O)C2NC(C)=O)C(O)C1NC(C)=O)C(N)=O. The predicted molar refractivity (Wildman–Crippen MR) is 162 cm³/mol. The summed E-state index contributed by atoms with van der Waals surface area (Å²) in [5, 5.41) is 92.7. The molecule has 0 saturated carbocycles. The molecule has 14 N–H and O–H groups in total. The van der Waals surface area contributed by atoms with Crippen molar-refractivity contribution in [3.63, 3.8) is 0 Å². The molecule has 16 atom stereocenters. The predicted octanol–water partition coefficient (Wildman–Crippen LogP) is -8.78. The molecule has 0 bridgehead atoms. The standard InChI is InChI=1S/C28H47N5O18/c1-8(37)30-11(25(29)46)4-15(40)33-26-16(31-9(2)38)19(42)23(13(6-35)47-26)50-27-17(32-10(3)39)20(43)24(14(7-36)49-27)51-28-22(45)21(44)18(41)12(5-34)48-28/h11-14,16-24,26-28,34-36,41-45H,4-7H2,1-3H3,(H2,29,46)(H,30,37)(H,31,38)(H,32,39)(H,33,40)/t11?,12-,13?,14-,16?,17?,18?,19?,20-,21+,22+,23-,24?,26?,27+,28+/m1/s1. The third-order valence-electron chi connectivity index (χ3n) is 8.34. The van der Waals surface area contributed by atoms with E-state index in [-0.39, 0.29) is 0 Å². The molecule has 3 rings (SSSR count). The molecule has 51 heavy (non-hydrogen) atoms. The molecule has 3 heterocycles. The highest BCUT2D eigenvalue weighted by Gasteiger charge is 2.54. The van der Waals surface area contributed by atoms with Crippen molar-refractivity contribution in [2.24, 2.45) is 5.73 Å². The highest BCUT2D eigenvalue weighted by molar-refractivity contribution is 5.90. The average Bonchev–Trinajstić information content (AvgIpc) is 3.05. The Balaban J connectivity index is 1.85. The van der Waals surface area contributed by atoms with Crippen molar-refractivity contribution in [1.82, 2.24) is 21.3 Å². The van der Waals surface area contributed by atoms with Crippen LogP contribution >= 0.6 is 0 Å². The first-order valence-electron chi connectivity index (χ1n) is 15.8. The van der Waals surface area contributed by atoms with Crippen molar-refractivity contribution in [2.45, 2.75) is 125 Å². The van der Waals surface area contributed by atoms with Gasteiger partial charge in [-0.2, -0.15) is 0 Å². The minimum Gasteiger partial charge on any atom is -0.394 e. The van der Waals surface area contributed by atoms with Crippen molar-refractivity contribution >= 4 is 29.5 Å². The topological polar surface area (TPSA) is 367 Å². The Hall–Kier alpha value is -3.17. The molecule has 3 fully saturated rings. The lowest BCUT2D eigenvalue weighted by atomic mass is 9.93. The zero-order chi connectivity index (χ0) is 38.3. The van der Waals surface area contributed by atoms with E-state index in [4.69, 9.17) is 29.4 Å². The summed E-state index contributed by atoms with van der Waals surface area (Å²) < 4.78 is 28.5. The number of carbonyl (C=O) groups excluding carboxylic acids is 5. The van der Waals surface area contributed by atoms with E-state index in [0.29, 0.717) is 0 Å². The molecule has 8 unspecified atom stereocenters. The number of rotatable bonds is 14. The van der Waals surface area contributed by atoms with Crippen molar-refractivity contribution < 1.29 is 88.5 Å². The number of aliphatic hydroxyl groups is 8. The van der Waals surface area contributed by atoms with E-state index in [1.807, 2.05) is 0 Å². The molecule has 0 aliphatic carbocycles. The fourth-order valence-electron chi connectivity index (χ4n) is 5.89. The van der Waals surface area contributed by atoms with E-state index in [1.54, 1.807) is 0 Å². The fourth-order valence-corrected chi connectivity index (χ4v) is 5.89. The van der Waals surface area contributed by atoms with Crippen LogP contribution in [0.3, 0.4) is 0 Å². The third-order valence-corrected chi connectivity index (χ3v) is 8.34. The van der Waals surface area contributed by atoms with Crippen LogP contribution in [0.1, 0.15) is 27.2 Å². The number of amides is 5. The van der Waals surface area contributed by atoms with Crippen molar-refractivity contribution in [3.8, 4) is 0 Å². The van der Waals surface area contributed by atoms with Gasteiger partial charge in [0.15, 0.2) is 18.8 Å². The number of nitrogens with two attached hydrogens (primary N) is 1. The molecule has 3 saturated heterocycles. The summed E-state index contributed by atoms with van der Waals surface area (Å²) in [6.07, 6.45) is -22.7. The van der Waals surface area contributed by atoms with Crippen LogP contribution in [0, 0.1) is 0 Å². The Labute approximate surface area is 290 Å². The Morgan fingerprint density at radius 3 is 1.63 bits per heavy atom. The van der Waals surface area contributed by atoms with E-state index >= 15 is 0 Å². The number of nitrogens with one attached hydrogen (secondary N) is 4. The first-order chi connectivity index (χ1) is 23.9. The Morgan fingerprint density at radius 1 is 0.627 bits per heavy atom. The molecular formula is C28H47N5O18. The van der Waals surface area contributed by atoms with Gasteiger partial charge in [-0.3, -0.25) is 24.0 Å². The Morgan fingerprint density at radius 2 is 1.12 bits per heavy atom. The number of primary amides is 1. The van der Waals surface area contributed by atoms with Crippen LogP contribution in [-0.2, 0) is 47.7 Å². The van der Waals surface area contributed by atoms with Crippen LogP contribution in [0.2, 0.25) is 0 Å². The summed E-state index contributed by atoms with van der Waals surface area (Å²) in [6, 6.07) is -4.51. The van der Waals surface area contributed by atoms with Gasteiger partial charge in [0, 0.05) is 20.8 Å². The second kappa shape index (κ2) is 18.5. The molecule has 5 amide bonds. The zero-order valence-electron chi connectivity index (χ0n) is 27.8. The summed E-state index contributed by atoms with van der Waals surface area (Å²) in [6.45, 7) is 0.660. The maximum absolute atomic E-state index is 12.8. The minimum absolute atomic E-state index is 0.657. The second-order valence-corrected chi connectivity index (χ2v) is 12.3. The lowest BCUT2D eigenvalue weighted by Gasteiger charge is -2.49. The van der Waals surface area contributed by atoms with Crippen LogP contribution in [-0.4, -0.2) is 188 Å². The monoisotopic (exact) mass is 741 g/mol. The van der Waals surface area contributed by atoms with E-state index < -0.39 is 154 Å². The lowest BCUT2D eigenvalue weighted by molar-refractivity contribution is -0.358. The summed E-state index contributed by atoms with van der Waals surface area (Å²) in [7, 11) is 0. The molecule has 3 aliphatic rings. The zero-order valence-corrected chi connectivity index (χ0v) is 27.8. The Kier molecular flexibility index (Phi) is 15.4. The molecule has 3 aliphatic heterocycles. The highest BCUT2D eigenvalue weighted by Crippen LogP contribution is 2.32. The summed E-state index contributed by atoms with van der Waals surface area (Å²) in [4.78, 5) is 60.3. The van der Waals surface area contributed by atoms with Crippen LogP contribution in [0.5, 0.6) is 0 Å². The molecule has 0 aromatic heterocycles. The van der Waals surface area contributed by atoms with Crippen LogP contribution in [0.4, 0.5) is 0 Å². The maximum atomic E-state index is 12.8. The van der Waals surface area contributed by atoms with Gasteiger partial charge < -0.3 is 91.5 Å². The summed E-state index contributed by atoms with van der Waals surface area (Å²) in [5.41, 5.74) is 5.25. The van der Waals surface area contributed by atoms with Gasteiger partial charge in [-0.05, 0) is 0 Å². The lowest BCUT2D eigenvalue weighted by Crippen LogP contribution is -2.71. The van der Waals surface area contributed by atoms with Gasteiger partial charge in [-0.15, -0.1) is 0 Å². The molecule has 0 radical (unpaired) electrons. The maximum Gasteiger partial charge on any atom is 0.240 e. The highest BCUT2D eigenvalue weighted by atomic mass is 16.7. The fraction of sp³-hybridized carbons (Fsp3) is 0.821. The molecule has 292 valence electrons. The molecular weight excluding hydrogens is 694 g/mol. The number of carbonyl (C=O) groups is 5. The molecule has 0 aromatic carbocycles. The first-order valence-corrected chi connectivity index (χ1v) is 15.8. The van der Waals surface area contributed by atoms with Gasteiger partial charge in [0.25, 0.3) is 0 Å². The summed E-state index contributed by atoms with van der Waals surface area (Å²) in [5.74, 6) is -4.07. The van der Waals surface area contributed by atoms with Crippen molar-refractivity contribution in [3.05, 3.63) is 0 Å². The quantitative estimate of drug-likeness (QED) is 0.0786. The van der Waals surface area contributed by atoms with Gasteiger partial charge in [0.05, 0.1) is 26.2 Å². The van der Waals surface area contributed by atoms with Crippen molar-refractivity contribution in [2.75, 3.05) is 19.8 Å². The average molecular weight is 742 g/mol. The van der Waals surface area contributed by atoms with Gasteiger partial charge in [0.1, 0.15) is 79.2 Å². The van der Waals surface area contributed by atoms with Gasteiger partial charge in [0.2, 0.25) is 29.5 Å². The minimum atomic E-state index is -1.91. The number of hydrogen-bond donors (Lipinski definition) is 13. The normalized spacial score (nSPS) is 38.9. The largest absolute Gasteiger partial charge is 0.394 e. The summed E-state index contributed by atoms with van der Waals surface area (Å²) >= 11 is 0. The Bertz CT molecular complexity index is 1230. The van der Waals surface area contributed by atoms with Gasteiger partial charge in [-0.25, -0.2) is 0 Å². The van der Waals surface area contributed by atoms with Crippen LogP contribution in [0.25, 0.3) is 0 Å². The molecule has 0 spiro atoms. The third kappa shape index (κ3) is 10.5. The number of aliphatic hydroxyl groups excluding tert-OH is 8. The van der Waals surface area contributed by atoms with Crippen molar-refractivity contribution in [1.29, 1.82) is 0 Å². The first kappa shape index (κ1) is 42.2. The van der Waals surface area contributed by atoms with Crippen LogP contribution in [0.15, 0.2) is 0 Å². The van der Waals surface area contributed by atoms with E-state index in [2.05, 4.69) is 21.3 Å². The van der Waals surface area contributed by atoms with E-state index in [9.17, 15) is 64.8 Å². The number of hydrogen-bond acceptors (Lipinski definition) is 18. The van der Waals surface area contributed by atoms with E-state index in [1.165, 1.54) is 0 Å². The van der Waals surface area contributed by atoms with Crippen LogP contribution < -0.4 is 27.0 Å². The molecule has 23 nitrogen and oxygen atoms in total. The number of ether oxygens (including phenoxy) is 5. The molecule has 0 aromatic rings. The smallest absolute Gasteiger partial charge is 0.240 e. The second-order valence-electron chi connectivity index (χ2n) is 12.3. The van der Waals surface area contributed by atoms with E-state index in [0.717, 1.165) is 20.8 Å². The van der Waals surface area contributed by atoms with Gasteiger partial charge >= 0.3 is 0 Å². The molecule has 23 heteroatoms. The van der Waals surface area contributed by atoms with Gasteiger partial charge in [-0.1, -0.05) is 0 Å².